The summed E-state index contributed by atoms with van der Waals surface area (Å²) in [6.07, 6.45) is 1.23. The molecule has 1 aromatic carbocycles. The van der Waals surface area contributed by atoms with Gasteiger partial charge >= 0.3 is 5.97 Å². The van der Waals surface area contributed by atoms with E-state index in [-0.39, 0.29) is 18.0 Å². The molecule has 0 unspecified atom stereocenters. The Hall–Kier alpha value is -3.69. The highest BCUT2D eigenvalue weighted by Crippen LogP contribution is 2.23. The molecule has 2 amide bonds. The van der Waals surface area contributed by atoms with Crippen LogP contribution >= 0.6 is 0 Å². The van der Waals surface area contributed by atoms with Gasteiger partial charge in [-0.05, 0) is 32.9 Å². The Bertz CT molecular complexity index is 1200. The average molecular weight is 428 g/mol. The molecule has 3 rings (SSSR count). The van der Waals surface area contributed by atoms with Crippen LogP contribution < -0.4 is 10.9 Å². The SMILES string of the molecule is CN(CC(=O)NC(C)(C)C)C(=O)COC(=O)Cn1cnc2c(oc3ccccc32)c1=O. The highest BCUT2D eigenvalue weighted by atomic mass is 16.5. The molecule has 10 nitrogen and oxygen atoms in total. The quantitative estimate of drug-likeness (QED) is 0.582. The number of para-hydroxylation sites is 1. The van der Waals surface area contributed by atoms with E-state index in [2.05, 4.69) is 10.3 Å². The van der Waals surface area contributed by atoms with Crippen molar-refractivity contribution in [2.45, 2.75) is 32.9 Å². The number of rotatable bonds is 6. The Morgan fingerprint density at radius 3 is 2.65 bits per heavy atom. The third-order valence-electron chi connectivity index (χ3n) is 4.33. The molecule has 0 atom stereocenters. The van der Waals surface area contributed by atoms with E-state index in [1.54, 1.807) is 18.2 Å². The summed E-state index contributed by atoms with van der Waals surface area (Å²) < 4.78 is 11.6. The van der Waals surface area contributed by atoms with Crippen molar-refractivity contribution in [3.05, 3.63) is 40.9 Å². The Kier molecular flexibility index (Phi) is 6.09. The van der Waals surface area contributed by atoms with Crippen molar-refractivity contribution < 1.29 is 23.5 Å². The third kappa shape index (κ3) is 5.27. The molecule has 164 valence electrons. The van der Waals surface area contributed by atoms with E-state index in [0.717, 1.165) is 9.47 Å². The molecule has 0 aliphatic carbocycles. The number of likely N-dealkylation sites (N-methyl/N-ethyl adjacent to an activating group) is 1. The monoisotopic (exact) mass is 428 g/mol. The molecule has 1 N–H and O–H groups in total. The maximum Gasteiger partial charge on any atom is 0.326 e. The zero-order valence-corrected chi connectivity index (χ0v) is 17.8. The Morgan fingerprint density at radius 2 is 1.94 bits per heavy atom. The standard InChI is InChI=1S/C21H24N4O6/c1-21(2,3)23-15(26)9-24(4)16(27)11-30-17(28)10-25-12-22-18-13-7-5-6-8-14(13)31-19(18)20(25)29/h5-8,12H,9-11H2,1-4H3,(H,23,26). The van der Waals surface area contributed by atoms with Gasteiger partial charge in [-0.3, -0.25) is 23.7 Å². The summed E-state index contributed by atoms with van der Waals surface area (Å²) in [7, 11) is 1.43. The minimum atomic E-state index is -0.791. The molecule has 0 spiro atoms. The van der Waals surface area contributed by atoms with Gasteiger partial charge in [0.05, 0.1) is 12.9 Å². The van der Waals surface area contributed by atoms with Crippen molar-refractivity contribution in [3.63, 3.8) is 0 Å². The summed E-state index contributed by atoms with van der Waals surface area (Å²) in [5.74, 6) is -1.66. The van der Waals surface area contributed by atoms with Gasteiger partial charge in [-0.25, -0.2) is 4.98 Å². The number of hydrogen-bond acceptors (Lipinski definition) is 7. The molecular formula is C21H24N4O6. The van der Waals surface area contributed by atoms with Crippen LogP contribution in [0.25, 0.3) is 22.1 Å². The van der Waals surface area contributed by atoms with E-state index in [0.29, 0.717) is 16.5 Å². The number of benzene rings is 1. The van der Waals surface area contributed by atoms with Crippen LogP contribution in [-0.4, -0.2) is 58.0 Å². The van der Waals surface area contributed by atoms with E-state index < -0.39 is 36.1 Å². The van der Waals surface area contributed by atoms with Crippen molar-refractivity contribution in [3.8, 4) is 0 Å². The van der Waals surface area contributed by atoms with Crippen molar-refractivity contribution in [1.82, 2.24) is 19.8 Å². The van der Waals surface area contributed by atoms with Crippen LogP contribution in [0.1, 0.15) is 20.8 Å². The van der Waals surface area contributed by atoms with Crippen molar-refractivity contribution >= 4 is 39.9 Å². The number of carbonyl (C=O) groups excluding carboxylic acids is 3. The topological polar surface area (TPSA) is 124 Å². The zero-order chi connectivity index (χ0) is 22.8. The predicted molar refractivity (Wildman–Crippen MR) is 112 cm³/mol. The molecule has 0 radical (unpaired) electrons. The van der Waals surface area contributed by atoms with Crippen molar-refractivity contribution in [2.24, 2.45) is 0 Å². The summed E-state index contributed by atoms with van der Waals surface area (Å²) in [6.45, 7) is 4.34. The smallest absolute Gasteiger partial charge is 0.326 e. The number of hydrogen-bond donors (Lipinski definition) is 1. The first-order valence-corrected chi connectivity index (χ1v) is 9.62. The zero-order valence-electron chi connectivity index (χ0n) is 17.8. The molecule has 10 heteroatoms. The number of nitrogens with zero attached hydrogens (tertiary/aromatic N) is 3. The summed E-state index contributed by atoms with van der Waals surface area (Å²) in [5.41, 5.74) is 0.0232. The summed E-state index contributed by atoms with van der Waals surface area (Å²) in [6, 6.07) is 7.10. The molecule has 0 saturated heterocycles. The van der Waals surface area contributed by atoms with Crippen LogP contribution in [-0.2, 0) is 25.7 Å². The van der Waals surface area contributed by atoms with Gasteiger partial charge in [0, 0.05) is 18.0 Å². The largest absolute Gasteiger partial charge is 0.454 e. The first-order valence-electron chi connectivity index (χ1n) is 9.62. The number of carbonyl (C=O) groups is 3. The van der Waals surface area contributed by atoms with Gasteiger partial charge in [-0.15, -0.1) is 0 Å². The van der Waals surface area contributed by atoms with E-state index >= 15 is 0 Å². The maximum atomic E-state index is 12.6. The van der Waals surface area contributed by atoms with Crippen molar-refractivity contribution in [2.75, 3.05) is 20.2 Å². The highest BCUT2D eigenvalue weighted by Gasteiger charge is 2.19. The lowest BCUT2D eigenvalue weighted by atomic mass is 10.1. The van der Waals surface area contributed by atoms with E-state index in [9.17, 15) is 19.2 Å². The second-order valence-electron chi connectivity index (χ2n) is 8.16. The normalized spacial score (nSPS) is 11.5. The van der Waals surface area contributed by atoms with Crippen LogP contribution in [0.4, 0.5) is 0 Å². The molecule has 2 heterocycles. The lowest BCUT2D eigenvalue weighted by Gasteiger charge is -2.23. The number of esters is 1. The molecular weight excluding hydrogens is 404 g/mol. The van der Waals surface area contributed by atoms with E-state index in [4.69, 9.17) is 9.15 Å². The van der Waals surface area contributed by atoms with Crippen molar-refractivity contribution in [1.29, 1.82) is 0 Å². The van der Waals surface area contributed by atoms with Gasteiger partial charge in [0.1, 0.15) is 17.6 Å². The Morgan fingerprint density at radius 1 is 1.23 bits per heavy atom. The van der Waals surface area contributed by atoms with Crippen LogP contribution in [0.5, 0.6) is 0 Å². The Balaban J connectivity index is 1.59. The fourth-order valence-electron chi connectivity index (χ4n) is 2.93. The van der Waals surface area contributed by atoms with Crippen LogP contribution in [0.2, 0.25) is 0 Å². The minimum Gasteiger partial charge on any atom is -0.454 e. The van der Waals surface area contributed by atoms with Crippen LogP contribution in [0.3, 0.4) is 0 Å². The Labute approximate surface area is 177 Å². The van der Waals surface area contributed by atoms with Gasteiger partial charge < -0.3 is 19.4 Å². The number of aromatic nitrogens is 2. The fraction of sp³-hybridized carbons (Fsp3) is 0.381. The fourth-order valence-corrected chi connectivity index (χ4v) is 2.93. The van der Waals surface area contributed by atoms with Crippen LogP contribution in [0.15, 0.2) is 39.8 Å². The van der Waals surface area contributed by atoms with Gasteiger partial charge in [0.2, 0.25) is 11.5 Å². The molecule has 0 fully saturated rings. The van der Waals surface area contributed by atoms with Crippen LogP contribution in [0, 0.1) is 0 Å². The van der Waals surface area contributed by atoms with Gasteiger partial charge in [-0.1, -0.05) is 12.1 Å². The molecule has 3 aromatic rings. The van der Waals surface area contributed by atoms with E-state index in [1.165, 1.54) is 13.4 Å². The number of amides is 2. The lowest BCUT2D eigenvalue weighted by Crippen LogP contribution is -2.47. The predicted octanol–water partition coefficient (Wildman–Crippen LogP) is 1.06. The number of fused-ring (bicyclic) bond motifs is 3. The maximum absolute atomic E-state index is 12.6. The summed E-state index contributed by atoms with van der Waals surface area (Å²) >= 11 is 0. The first-order chi connectivity index (χ1) is 14.5. The van der Waals surface area contributed by atoms with Gasteiger partial charge in [-0.2, -0.15) is 0 Å². The second-order valence-corrected chi connectivity index (χ2v) is 8.16. The van der Waals surface area contributed by atoms with Gasteiger partial charge in [0.15, 0.2) is 6.61 Å². The number of furan rings is 1. The number of ether oxygens (including phenoxy) is 1. The summed E-state index contributed by atoms with van der Waals surface area (Å²) in [5, 5.41) is 3.44. The van der Waals surface area contributed by atoms with Gasteiger partial charge in [0.25, 0.3) is 11.5 Å². The molecule has 0 bridgehead atoms. The number of nitrogens with one attached hydrogen (secondary N) is 1. The minimum absolute atomic E-state index is 0.0390. The first kappa shape index (κ1) is 22.0. The average Bonchev–Trinajstić information content (AvgIpc) is 3.06. The van der Waals surface area contributed by atoms with E-state index in [1.807, 2.05) is 26.8 Å². The second kappa shape index (κ2) is 8.58. The summed E-state index contributed by atoms with van der Waals surface area (Å²) in [4.78, 5) is 54.1. The third-order valence-corrected chi connectivity index (χ3v) is 4.33. The highest BCUT2D eigenvalue weighted by molar-refractivity contribution is 6.01. The molecule has 0 aliphatic heterocycles. The molecule has 0 aliphatic rings. The molecule has 31 heavy (non-hydrogen) atoms. The molecule has 2 aromatic heterocycles. The molecule has 0 saturated carbocycles. The lowest BCUT2D eigenvalue weighted by molar-refractivity contribution is -0.152.